The average molecular weight is 198 g/mol. The molecular formula is C13H26O. The second-order valence-electron chi connectivity index (χ2n) is 5.90. The smallest absolute Gasteiger partial charge is 0.0620 e. The molecule has 0 amide bonds. The zero-order valence-electron chi connectivity index (χ0n) is 10.2. The molecule has 1 aliphatic rings. The largest absolute Gasteiger partial charge is 0.390 e. The van der Waals surface area contributed by atoms with E-state index in [1.54, 1.807) is 0 Å². The van der Waals surface area contributed by atoms with Gasteiger partial charge in [0.2, 0.25) is 0 Å². The van der Waals surface area contributed by atoms with Crippen LogP contribution in [0, 0.1) is 17.8 Å². The molecule has 0 aromatic heterocycles. The summed E-state index contributed by atoms with van der Waals surface area (Å²) in [6, 6.07) is 0. The molecule has 14 heavy (non-hydrogen) atoms. The molecule has 0 bridgehead atoms. The van der Waals surface area contributed by atoms with Gasteiger partial charge in [0.15, 0.2) is 0 Å². The van der Waals surface area contributed by atoms with Crippen LogP contribution in [0.2, 0.25) is 0 Å². The van der Waals surface area contributed by atoms with Crippen LogP contribution in [-0.2, 0) is 0 Å². The maximum absolute atomic E-state index is 9.84. The maximum atomic E-state index is 9.84. The molecule has 1 aliphatic carbocycles. The van der Waals surface area contributed by atoms with Gasteiger partial charge in [-0.25, -0.2) is 0 Å². The summed E-state index contributed by atoms with van der Waals surface area (Å²) in [6.07, 6.45) is 5.81. The molecule has 0 aromatic rings. The quantitative estimate of drug-likeness (QED) is 0.734. The van der Waals surface area contributed by atoms with Crippen LogP contribution in [0.3, 0.4) is 0 Å². The predicted octanol–water partition coefficient (Wildman–Crippen LogP) is 3.61. The number of rotatable bonds is 3. The minimum Gasteiger partial charge on any atom is -0.390 e. The van der Waals surface area contributed by atoms with Crippen LogP contribution in [0.1, 0.15) is 59.8 Å². The lowest BCUT2D eigenvalue weighted by Gasteiger charge is -2.34. The molecule has 1 N–H and O–H groups in total. The lowest BCUT2D eigenvalue weighted by Crippen LogP contribution is -2.31. The molecule has 0 heterocycles. The Morgan fingerprint density at radius 3 is 2.14 bits per heavy atom. The molecule has 0 aliphatic heterocycles. The van der Waals surface area contributed by atoms with Gasteiger partial charge < -0.3 is 5.11 Å². The Morgan fingerprint density at radius 1 is 1.21 bits per heavy atom. The third-order valence-corrected chi connectivity index (χ3v) is 4.03. The molecule has 0 aromatic carbocycles. The minimum absolute atomic E-state index is 0.364. The fourth-order valence-corrected chi connectivity index (χ4v) is 2.33. The van der Waals surface area contributed by atoms with E-state index in [2.05, 4.69) is 20.8 Å². The standard InChI is InChI=1S/C13H26O/c1-10(2)11(3)9-12-5-7-13(4,14)8-6-12/h10-12,14H,5-9H2,1-4H3. The molecule has 1 rings (SSSR count). The first-order valence-corrected chi connectivity index (χ1v) is 6.13. The van der Waals surface area contributed by atoms with Crippen molar-refractivity contribution in [3.63, 3.8) is 0 Å². The third-order valence-electron chi connectivity index (χ3n) is 4.03. The summed E-state index contributed by atoms with van der Waals surface area (Å²) >= 11 is 0. The van der Waals surface area contributed by atoms with Crippen LogP contribution < -0.4 is 0 Å². The first kappa shape index (κ1) is 12.0. The summed E-state index contributed by atoms with van der Waals surface area (Å²) in [5.74, 6) is 2.51. The van der Waals surface area contributed by atoms with Gasteiger partial charge in [-0.1, -0.05) is 20.8 Å². The van der Waals surface area contributed by atoms with Gasteiger partial charge in [0.1, 0.15) is 0 Å². The van der Waals surface area contributed by atoms with Crippen molar-refractivity contribution in [2.75, 3.05) is 0 Å². The highest BCUT2D eigenvalue weighted by Crippen LogP contribution is 2.35. The van der Waals surface area contributed by atoms with Crippen LogP contribution in [0.25, 0.3) is 0 Å². The number of hydrogen-bond acceptors (Lipinski definition) is 1. The molecule has 1 unspecified atom stereocenters. The summed E-state index contributed by atoms with van der Waals surface area (Å²) in [5, 5.41) is 9.84. The summed E-state index contributed by atoms with van der Waals surface area (Å²) in [6.45, 7) is 8.96. The predicted molar refractivity (Wildman–Crippen MR) is 61.2 cm³/mol. The van der Waals surface area contributed by atoms with Crippen molar-refractivity contribution >= 4 is 0 Å². The molecule has 1 nitrogen and oxygen atoms in total. The van der Waals surface area contributed by atoms with Gasteiger partial charge in [-0.05, 0) is 56.8 Å². The number of aliphatic hydroxyl groups is 1. The van der Waals surface area contributed by atoms with Gasteiger partial charge in [-0.15, -0.1) is 0 Å². The Kier molecular flexibility index (Phi) is 4.00. The highest BCUT2D eigenvalue weighted by Gasteiger charge is 2.29. The molecule has 0 radical (unpaired) electrons. The first-order chi connectivity index (χ1) is 6.41. The van der Waals surface area contributed by atoms with Crippen LogP contribution in [0.5, 0.6) is 0 Å². The van der Waals surface area contributed by atoms with E-state index in [0.29, 0.717) is 0 Å². The fourth-order valence-electron chi connectivity index (χ4n) is 2.33. The maximum Gasteiger partial charge on any atom is 0.0620 e. The van der Waals surface area contributed by atoms with E-state index in [-0.39, 0.29) is 5.60 Å². The first-order valence-electron chi connectivity index (χ1n) is 6.13. The molecule has 84 valence electrons. The minimum atomic E-state index is -0.364. The molecule has 1 fully saturated rings. The highest BCUT2D eigenvalue weighted by atomic mass is 16.3. The summed E-state index contributed by atoms with van der Waals surface area (Å²) in [5.41, 5.74) is -0.364. The molecule has 1 atom stereocenters. The van der Waals surface area contributed by atoms with Crippen molar-refractivity contribution in [3.8, 4) is 0 Å². The van der Waals surface area contributed by atoms with Crippen LogP contribution in [-0.4, -0.2) is 10.7 Å². The summed E-state index contributed by atoms with van der Waals surface area (Å²) < 4.78 is 0. The topological polar surface area (TPSA) is 20.2 Å². The number of hydrogen-bond donors (Lipinski definition) is 1. The van der Waals surface area contributed by atoms with Crippen molar-refractivity contribution < 1.29 is 5.11 Å². The van der Waals surface area contributed by atoms with Crippen molar-refractivity contribution in [2.45, 2.75) is 65.4 Å². The lowest BCUT2D eigenvalue weighted by atomic mass is 9.75. The van der Waals surface area contributed by atoms with E-state index < -0.39 is 0 Å². The van der Waals surface area contributed by atoms with Crippen molar-refractivity contribution in [3.05, 3.63) is 0 Å². The Balaban J connectivity index is 2.29. The van der Waals surface area contributed by atoms with Crippen LogP contribution >= 0.6 is 0 Å². The Morgan fingerprint density at radius 2 is 1.71 bits per heavy atom. The van der Waals surface area contributed by atoms with Gasteiger partial charge in [0.05, 0.1) is 5.60 Å². The van der Waals surface area contributed by atoms with Gasteiger partial charge in [-0.2, -0.15) is 0 Å². The second-order valence-corrected chi connectivity index (χ2v) is 5.90. The summed E-state index contributed by atoms with van der Waals surface area (Å²) in [4.78, 5) is 0. The third kappa shape index (κ3) is 3.61. The Bertz CT molecular complexity index is 162. The van der Waals surface area contributed by atoms with Gasteiger partial charge in [0.25, 0.3) is 0 Å². The molecule has 0 saturated heterocycles. The monoisotopic (exact) mass is 198 g/mol. The lowest BCUT2D eigenvalue weighted by molar-refractivity contribution is 0.00418. The highest BCUT2D eigenvalue weighted by molar-refractivity contribution is 4.82. The average Bonchev–Trinajstić information content (AvgIpc) is 2.08. The van der Waals surface area contributed by atoms with Gasteiger partial charge in [0, 0.05) is 0 Å². The van der Waals surface area contributed by atoms with Crippen LogP contribution in [0.4, 0.5) is 0 Å². The van der Waals surface area contributed by atoms with E-state index in [1.165, 1.54) is 19.3 Å². The van der Waals surface area contributed by atoms with Gasteiger partial charge >= 0.3 is 0 Å². The Labute approximate surface area is 88.9 Å². The van der Waals surface area contributed by atoms with E-state index >= 15 is 0 Å². The SMILES string of the molecule is CC(C)C(C)CC1CCC(C)(O)CC1. The molecular weight excluding hydrogens is 172 g/mol. The Hall–Kier alpha value is -0.0400. The molecule has 0 spiro atoms. The fraction of sp³-hybridized carbons (Fsp3) is 1.00. The summed E-state index contributed by atoms with van der Waals surface area (Å²) in [7, 11) is 0. The van der Waals surface area contributed by atoms with Crippen LogP contribution in [0.15, 0.2) is 0 Å². The van der Waals surface area contributed by atoms with Crippen molar-refractivity contribution in [2.24, 2.45) is 17.8 Å². The van der Waals surface area contributed by atoms with E-state index in [9.17, 15) is 5.11 Å². The molecule has 1 heteroatoms. The van der Waals surface area contributed by atoms with Gasteiger partial charge in [-0.3, -0.25) is 0 Å². The van der Waals surface area contributed by atoms with E-state index in [0.717, 1.165) is 30.6 Å². The van der Waals surface area contributed by atoms with E-state index in [4.69, 9.17) is 0 Å². The normalized spacial score (nSPS) is 36.0. The van der Waals surface area contributed by atoms with Crippen molar-refractivity contribution in [1.29, 1.82) is 0 Å². The zero-order valence-corrected chi connectivity index (χ0v) is 10.2. The molecule has 1 saturated carbocycles. The second kappa shape index (κ2) is 4.65. The zero-order chi connectivity index (χ0) is 10.8. The van der Waals surface area contributed by atoms with Crippen molar-refractivity contribution in [1.82, 2.24) is 0 Å². The van der Waals surface area contributed by atoms with E-state index in [1.807, 2.05) is 6.92 Å².